The molecule has 1 aromatic heterocycles. The first-order valence-electron chi connectivity index (χ1n) is 8.02. The minimum absolute atomic E-state index is 0.0117. The van der Waals surface area contributed by atoms with Gasteiger partial charge in [0.05, 0.1) is 10.9 Å². The first-order valence-corrected chi connectivity index (χ1v) is 8.02. The second kappa shape index (κ2) is 6.30. The number of benzene rings is 1. The molecule has 1 aliphatic rings. The van der Waals surface area contributed by atoms with E-state index in [0.29, 0.717) is 23.0 Å². The molecule has 5 heteroatoms. The van der Waals surface area contributed by atoms with E-state index in [9.17, 15) is 9.59 Å². The number of aromatic nitrogens is 2. The summed E-state index contributed by atoms with van der Waals surface area (Å²) in [6, 6.07) is 5.16. The van der Waals surface area contributed by atoms with Crippen LogP contribution in [0.1, 0.15) is 48.8 Å². The number of aryl methyl sites for hydroxylation is 1. The number of carbonyl (C=O) groups excluding carboxylic acids is 1. The number of carbonyl (C=O) groups is 1. The van der Waals surface area contributed by atoms with E-state index >= 15 is 0 Å². The van der Waals surface area contributed by atoms with Gasteiger partial charge in [-0.1, -0.05) is 13.3 Å². The third-order valence-corrected chi connectivity index (χ3v) is 4.14. The molecule has 0 fully saturated rings. The Balaban J connectivity index is 1.96. The minimum atomic E-state index is -0.102. The van der Waals surface area contributed by atoms with Gasteiger partial charge in [0.1, 0.15) is 5.82 Å². The van der Waals surface area contributed by atoms with Crippen LogP contribution in [0.5, 0.6) is 0 Å². The van der Waals surface area contributed by atoms with Gasteiger partial charge >= 0.3 is 0 Å². The largest absolute Gasteiger partial charge is 0.352 e. The number of fused-ring (bicyclic) bond motifs is 2. The minimum Gasteiger partial charge on any atom is -0.352 e. The summed E-state index contributed by atoms with van der Waals surface area (Å²) in [6.07, 6.45) is 4.93. The Morgan fingerprint density at radius 3 is 3.05 bits per heavy atom. The third kappa shape index (κ3) is 2.75. The number of rotatable bonds is 4. The Bertz CT molecular complexity index is 764. The van der Waals surface area contributed by atoms with Crippen molar-refractivity contribution >= 4 is 16.8 Å². The second-order valence-electron chi connectivity index (χ2n) is 5.78. The van der Waals surface area contributed by atoms with Crippen LogP contribution < -0.4 is 10.9 Å². The molecule has 1 N–H and O–H groups in total. The van der Waals surface area contributed by atoms with Gasteiger partial charge in [0, 0.05) is 25.1 Å². The standard InChI is InChI=1S/C17H21N3O2/c1-2-3-9-18-16(21)12-7-8-13-14(11-12)19-15-6-4-5-10-20(15)17(13)22/h7-8,11H,2-6,9-10H2,1H3,(H,18,21). The molecule has 1 aliphatic heterocycles. The molecule has 0 spiro atoms. The van der Waals surface area contributed by atoms with E-state index in [1.165, 1.54) is 0 Å². The summed E-state index contributed by atoms with van der Waals surface area (Å²) < 4.78 is 1.77. The fourth-order valence-corrected chi connectivity index (χ4v) is 2.86. The van der Waals surface area contributed by atoms with Crippen LogP contribution in [0, 0.1) is 0 Å². The zero-order valence-electron chi connectivity index (χ0n) is 12.9. The molecule has 3 rings (SSSR count). The first-order chi connectivity index (χ1) is 10.7. The van der Waals surface area contributed by atoms with Crippen molar-refractivity contribution in [2.45, 2.75) is 45.6 Å². The van der Waals surface area contributed by atoms with Gasteiger partial charge < -0.3 is 5.32 Å². The van der Waals surface area contributed by atoms with E-state index in [4.69, 9.17) is 0 Å². The van der Waals surface area contributed by atoms with Crippen LogP contribution >= 0.6 is 0 Å². The van der Waals surface area contributed by atoms with Crippen molar-refractivity contribution in [3.8, 4) is 0 Å². The molecule has 5 nitrogen and oxygen atoms in total. The van der Waals surface area contributed by atoms with E-state index in [-0.39, 0.29) is 11.5 Å². The van der Waals surface area contributed by atoms with Gasteiger partial charge in [-0.05, 0) is 37.5 Å². The highest BCUT2D eigenvalue weighted by atomic mass is 16.1. The first kappa shape index (κ1) is 14.8. The van der Waals surface area contributed by atoms with Crippen molar-refractivity contribution in [3.63, 3.8) is 0 Å². The molecule has 22 heavy (non-hydrogen) atoms. The summed E-state index contributed by atoms with van der Waals surface area (Å²) in [5, 5.41) is 3.48. The summed E-state index contributed by atoms with van der Waals surface area (Å²) in [5.41, 5.74) is 1.20. The van der Waals surface area contributed by atoms with Crippen molar-refractivity contribution < 1.29 is 4.79 Å². The van der Waals surface area contributed by atoms with Gasteiger partial charge in [-0.15, -0.1) is 0 Å². The maximum atomic E-state index is 12.5. The topological polar surface area (TPSA) is 64.0 Å². The zero-order valence-corrected chi connectivity index (χ0v) is 12.9. The molecule has 116 valence electrons. The Kier molecular flexibility index (Phi) is 4.22. The molecule has 0 saturated heterocycles. The predicted molar refractivity (Wildman–Crippen MR) is 86.2 cm³/mol. The van der Waals surface area contributed by atoms with Gasteiger partial charge in [-0.2, -0.15) is 0 Å². The molecular weight excluding hydrogens is 278 g/mol. The van der Waals surface area contributed by atoms with Crippen molar-refractivity contribution in [2.24, 2.45) is 0 Å². The molecule has 2 aromatic rings. The fourth-order valence-electron chi connectivity index (χ4n) is 2.86. The average molecular weight is 299 g/mol. The average Bonchev–Trinajstić information content (AvgIpc) is 2.55. The number of amides is 1. The lowest BCUT2D eigenvalue weighted by Crippen LogP contribution is -2.28. The Labute approximate surface area is 129 Å². The summed E-state index contributed by atoms with van der Waals surface area (Å²) in [6.45, 7) is 3.51. The van der Waals surface area contributed by atoms with E-state index in [1.54, 1.807) is 22.8 Å². The van der Waals surface area contributed by atoms with Gasteiger partial charge in [0.25, 0.3) is 11.5 Å². The summed E-state index contributed by atoms with van der Waals surface area (Å²) >= 11 is 0. The summed E-state index contributed by atoms with van der Waals surface area (Å²) in [4.78, 5) is 29.2. The van der Waals surface area contributed by atoms with Crippen LogP contribution in [-0.4, -0.2) is 22.0 Å². The SMILES string of the molecule is CCCCNC(=O)c1ccc2c(=O)n3c(nc2c1)CCCC3. The van der Waals surface area contributed by atoms with E-state index in [2.05, 4.69) is 17.2 Å². The molecule has 0 atom stereocenters. The molecule has 1 amide bonds. The smallest absolute Gasteiger partial charge is 0.261 e. The monoisotopic (exact) mass is 299 g/mol. The highest BCUT2D eigenvalue weighted by Crippen LogP contribution is 2.16. The van der Waals surface area contributed by atoms with Crippen LogP contribution in [0.2, 0.25) is 0 Å². The maximum absolute atomic E-state index is 12.5. The van der Waals surface area contributed by atoms with Crippen molar-refractivity contribution in [3.05, 3.63) is 39.9 Å². The molecule has 2 heterocycles. The third-order valence-electron chi connectivity index (χ3n) is 4.14. The number of hydrogen-bond acceptors (Lipinski definition) is 3. The summed E-state index contributed by atoms with van der Waals surface area (Å²) in [5.74, 6) is 0.738. The maximum Gasteiger partial charge on any atom is 0.261 e. The van der Waals surface area contributed by atoms with E-state index < -0.39 is 0 Å². The van der Waals surface area contributed by atoms with Crippen LogP contribution in [0.4, 0.5) is 0 Å². The van der Waals surface area contributed by atoms with Crippen LogP contribution in [0.3, 0.4) is 0 Å². The molecule has 0 saturated carbocycles. The number of nitrogens with one attached hydrogen (secondary N) is 1. The number of unbranched alkanes of at least 4 members (excludes halogenated alkanes) is 1. The van der Waals surface area contributed by atoms with Crippen molar-refractivity contribution in [2.75, 3.05) is 6.54 Å². The Morgan fingerprint density at radius 1 is 1.36 bits per heavy atom. The van der Waals surface area contributed by atoms with Crippen LogP contribution in [0.25, 0.3) is 10.9 Å². The normalized spacial score (nSPS) is 13.9. The van der Waals surface area contributed by atoms with Crippen LogP contribution in [-0.2, 0) is 13.0 Å². The fraction of sp³-hybridized carbons (Fsp3) is 0.471. The van der Waals surface area contributed by atoms with Gasteiger partial charge in [-0.3, -0.25) is 14.2 Å². The molecule has 1 aromatic carbocycles. The number of nitrogens with zero attached hydrogens (tertiary/aromatic N) is 2. The van der Waals surface area contributed by atoms with Gasteiger partial charge in [0.15, 0.2) is 0 Å². The highest BCUT2D eigenvalue weighted by Gasteiger charge is 2.15. The van der Waals surface area contributed by atoms with Crippen LogP contribution in [0.15, 0.2) is 23.0 Å². The number of hydrogen-bond donors (Lipinski definition) is 1. The van der Waals surface area contributed by atoms with Crippen molar-refractivity contribution in [1.82, 2.24) is 14.9 Å². The molecule has 0 unspecified atom stereocenters. The van der Waals surface area contributed by atoms with E-state index in [0.717, 1.165) is 44.5 Å². The Hall–Kier alpha value is -2.17. The van der Waals surface area contributed by atoms with Crippen molar-refractivity contribution in [1.29, 1.82) is 0 Å². The van der Waals surface area contributed by atoms with Gasteiger partial charge in [-0.25, -0.2) is 4.98 Å². The lowest BCUT2D eigenvalue weighted by molar-refractivity contribution is 0.0953. The Morgan fingerprint density at radius 2 is 2.23 bits per heavy atom. The summed E-state index contributed by atoms with van der Waals surface area (Å²) in [7, 11) is 0. The lowest BCUT2D eigenvalue weighted by Gasteiger charge is -2.17. The molecule has 0 bridgehead atoms. The van der Waals surface area contributed by atoms with Gasteiger partial charge in [0.2, 0.25) is 0 Å². The molecule has 0 aliphatic carbocycles. The molecule has 0 radical (unpaired) electrons. The highest BCUT2D eigenvalue weighted by molar-refractivity contribution is 5.97. The van der Waals surface area contributed by atoms with E-state index in [1.807, 2.05) is 0 Å². The molecular formula is C17H21N3O2. The predicted octanol–water partition coefficient (Wildman–Crippen LogP) is 2.26. The zero-order chi connectivity index (χ0) is 15.5. The lowest BCUT2D eigenvalue weighted by atomic mass is 10.1. The quantitative estimate of drug-likeness (QED) is 0.881. The second-order valence-corrected chi connectivity index (χ2v) is 5.78.